The van der Waals surface area contributed by atoms with Crippen molar-refractivity contribution in [3.63, 3.8) is 0 Å². The summed E-state index contributed by atoms with van der Waals surface area (Å²) in [5.41, 5.74) is 4.36. The molecule has 0 saturated heterocycles. The molecule has 0 amide bonds. The highest BCUT2D eigenvalue weighted by molar-refractivity contribution is 5.92. The quantitative estimate of drug-likeness (QED) is 0.420. The average Bonchev–Trinajstić information content (AvgIpc) is 3.13. The van der Waals surface area contributed by atoms with Crippen LogP contribution in [0.3, 0.4) is 0 Å². The predicted octanol–water partition coefficient (Wildman–Crippen LogP) is 5.82. The minimum absolute atomic E-state index is 0.313. The zero-order chi connectivity index (χ0) is 20.1. The van der Waals surface area contributed by atoms with Crippen LogP contribution in [0.25, 0.3) is 10.9 Å². The molecule has 4 nitrogen and oxygen atoms in total. The van der Waals surface area contributed by atoms with E-state index in [0.29, 0.717) is 19.1 Å². The van der Waals surface area contributed by atoms with Crippen LogP contribution in [0.5, 0.6) is 5.88 Å². The summed E-state index contributed by atoms with van der Waals surface area (Å²) in [5.74, 6) is 0.484. The first-order valence-corrected chi connectivity index (χ1v) is 9.77. The maximum atomic E-state index is 12.4. The number of nitrogens with zero attached hydrogens (tertiary/aromatic N) is 1. The second-order valence-electron chi connectivity index (χ2n) is 6.84. The van der Waals surface area contributed by atoms with Gasteiger partial charge in [-0.1, -0.05) is 72.8 Å². The summed E-state index contributed by atoms with van der Waals surface area (Å²) in [5, 5.41) is 0.939. The molecule has 4 rings (SSSR count). The van der Waals surface area contributed by atoms with Gasteiger partial charge in [-0.15, -0.1) is 0 Å². The Morgan fingerprint density at radius 3 is 2.24 bits per heavy atom. The van der Waals surface area contributed by atoms with Gasteiger partial charge in [0.2, 0.25) is 5.88 Å². The van der Waals surface area contributed by atoms with E-state index in [1.165, 1.54) is 15.7 Å². The van der Waals surface area contributed by atoms with Gasteiger partial charge in [-0.2, -0.15) is 0 Å². The number of para-hydroxylation sites is 1. The number of carbonyl (C=O) groups excluding carboxylic acids is 1. The van der Waals surface area contributed by atoms with E-state index in [1.54, 1.807) is 6.92 Å². The van der Waals surface area contributed by atoms with E-state index in [9.17, 15) is 4.79 Å². The van der Waals surface area contributed by atoms with Crippen LogP contribution >= 0.6 is 0 Å². The first-order chi connectivity index (χ1) is 14.2. The smallest absolute Gasteiger partial charge is 0.421 e. The molecule has 1 heterocycles. The summed E-state index contributed by atoms with van der Waals surface area (Å²) < 4.78 is 12.7. The molecule has 0 aliphatic carbocycles. The lowest BCUT2D eigenvalue weighted by molar-refractivity contribution is 0.150. The first-order valence-electron chi connectivity index (χ1n) is 9.77. The lowest BCUT2D eigenvalue weighted by atomic mass is 10.0. The number of fused-ring (bicyclic) bond motifs is 1. The predicted molar refractivity (Wildman–Crippen MR) is 114 cm³/mol. The van der Waals surface area contributed by atoms with Gasteiger partial charge in [-0.25, -0.2) is 9.36 Å². The largest absolute Gasteiger partial charge is 0.474 e. The SMILES string of the molecule is CCOC(=O)n1c(OCc2ccc(Cc3ccccc3)cc2)cc2ccccc21. The Kier molecular flexibility index (Phi) is 5.61. The Labute approximate surface area is 170 Å². The molecule has 0 aliphatic heterocycles. The van der Waals surface area contributed by atoms with E-state index in [4.69, 9.17) is 9.47 Å². The normalized spacial score (nSPS) is 10.8. The van der Waals surface area contributed by atoms with Crippen LogP contribution in [0.4, 0.5) is 4.79 Å². The van der Waals surface area contributed by atoms with Crippen molar-refractivity contribution in [1.82, 2.24) is 4.57 Å². The molecule has 0 saturated carbocycles. The van der Waals surface area contributed by atoms with Crippen molar-refractivity contribution in [3.05, 3.63) is 102 Å². The standard InChI is InChI=1S/C25H23NO3/c1-2-28-25(27)26-23-11-7-6-10-22(23)17-24(26)29-18-21-14-12-20(13-15-21)16-19-8-4-3-5-9-19/h3-15,17H,2,16,18H2,1H3. The van der Waals surface area contributed by atoms with E-state index in [0.717, 1.165) is 22.9 Å². The molecule has 3 aromatic carbocycles. The Balaban J connectivity index is 1.49. The third-order valence-electron chi connectivity index (χ3n) is 4.79. The van der Waals surface area contributed by atoms with E-state index in [1.807, 2.05) is 36.4 Å². The zero-order valence-electron chi connectivity index (χ0n) is 16.4. The maximum Gasteiger partial charge on any atom is 0.421 e. The molecule has 0 atom stereocenters. The van der Waals surface area contributed by atoms with Crippen molar-refractivity contribution < 1.29 is 14.3 Å². The molecule has 0 unspecified atom stereocenters. The third kappa shape index (κ3) is 4.32. The molecule has 0 fully saturated rings. The summed E-state index contributed by atoms with van der Waals surface area (Å²) in [6.45, 7) is 2.48. The summed E-state index contributed by atoms with van der Waals surface area (Å²) in [6, 6.07) is 28.3. The Morgan fingerprint density at radius 2 is 1.48 bits per heavy atom. The molecule has 0 aliphatic rings. The highest BCUT2D eigenvalue weighted by Gasteiger charge is 2.17. The molecule has 4 aromatic rings. The lowest BCUT2D eigenvalue weighted by Gasteiger charge is -2.11. The van der Waals surface area contributed by atoms with Crippen LogP contribution in [0.2, 0.25) is 0 Å². The minimum atomic E-state index is -0.429. The molecule has 29 heavy (non-hydrogen) atoms. The van der Waals surface area contributed by atoms with Gasteiger partial charge in [0.05, 0.1) is 12.1 Å². The molecule has 0 spiro atoms. The van der Waals surface area contributed by atoms with Crippen molar-refractivity contribution in [2.45, 2.75) is 20.0 Å². The van der Waals surface area contributed by atoms with Crippen molar-refractivity contribution in [3.8, 4) is 5.88 Å². The summed E-state index contributed by atoms with van der Waals surface area (Å²) in [4.78, 5) is 12.4. The third-order valence-corrected chi connectivity index (χ3v) is 4.79. The zero-order valence-corrected chi connectivity index (χ0v) is 16.4. The fourth-order valence-electron chi connectivity index (χ4n) is 3.35. The molecule has 1 aromatic heterocycles. The van der Waals surface area contributed by atoms with Crippen LogP contribution in [-0.4, -0.2) is 17.3 Å². The molecule has 0 N–H and O–H groups in total. The highest BCUT2D eigenvalue weighted by Crippen LogP contribution is 2.26. The van der Waals surface area contributed by atoms with Crippen molar-refractivity contribution in [1.29, 1.82) is 0 Å². The second kappa shape index (κ2) is 8.65. The highest BCUT2D eigenvalue weighted by atomic mass is 16.6. The second-order valence-corrected chi connectivity index (χ2v) is 6.84. The number of ether oxygens (including phenoxy) is 2. The number of hydrogen-bond acceptors (Lipinski definition) is 3. The fourth-order valence-corrected chi connectivity index (χ4v) is 3.35. The number of rotatable bonds is 6. The Morgan fingerprint density at radius 1 is 0.828 bits per heavy atom. The van der Waals surface area contributed by atoms with Crippen LogP contribution in [0.15, 0.2) is 84.9 Å². The molecule has 0 radical (unpaired) electrons. The van der Waals surface area contributed by atoms with Crippen LogP contribution in [-0.2, 0) is 17.8 Å². The number of aromatic nitrogens is 1. The summed E-state index contributed by atoms with van der Waals surface area (Å²) >= 11 is 0. The molecule has 4 heteroatoms. The van der Waals surface area contributed by atoms with E-state index >= 15 is 0 Å². The van der Waals surface area contributed by atoms with Crippen molar-refractivity contribution >= 4 is 17.0 Å². The number of benzene rings is 3. The Bertz CT molecular complexity index is 1100. The monoisotopic (exact) mass is 385 g/mol. The molecular weight excluding hydrogens is 362 g/mol. The number of carbonyl (C=O) groups is 1. The average molecular weight is 385 g/mol. The van der Waals surface area contributed by atoms with Gasteiger partial charge < -0.3 is 9.47 Å². The Hall–Kier alpha value is -3.53. The molecule has 146 valence electrons. The van der Waals surface area contributed by atoms with Gasteiger partial charge in [0, 0.05) is 11.5 Å². The number of hydrogen-bond donors (Lipinski definition) is 0. The van der Waals surface area contributed by atoms with Gasteiger partial charge in [0.15, 0.2) is 0 Å². The van der Waals surface area contributed by atoms with Gasteiger partial charge in [0.1, 0.15) is 6.61 Å². The van der Waals surface area contributed by atoms with Crippen LogP contribution in [0.1, 0.15) is 23.6 Å². The van der Waals surface area contributed by atoms with Crippen LogP contribution in [0, 0.1) is 0 Å². The van der Waals surface area contributed by atoms with Gasteiger partial charge in [-0.3, -0.25) is 0 Å². The first kappa shape index (κ1) is 18.8. The summed E-state index contributed by atoms with van der Waals surface area (Å²) in [6.07, 6.45) is 0.473. The fraction of sp³-hybridized carbons (Fsp3) is 0.160. The summed E-state index contributed by atoms with van der Waals surface area (Å²) in [7, 11) is 0. The van der Waals surface area contributed by atoms with E-state index in [2.05, 4.69) is 48.5 Å². The van der Waals surface area contributed by atoms with E-state index in [-0.39, 0.29) is 0 Å². The van der Waals surface area contributed by atoms with Crippen molar-refractivity contribution in [2.24, 2.45) is 0 Å². The molecule has 0 bridgehead atoms. The topological polar surface area (TPSA) is 40.5 Å². The minimum Gasteiger partial charge on any atom is -0.474 e. The lowest BCUT2D eigenvalue weighted by Crippen LogP contribution is -2.15. The van der Waals surface area contributed by atoms with Gasteiger partial charge in [0.25, 0.3) is 0 Å². The molecular formula is C25H23NO3. The van der Waals surface area contributed by atoms with E-state index < -0.39 is 6.09 Å². The maximum absolute atomic E-state index is 12.4. The van der Waals surface area contributed by atoms with Crippen molar-refractivity contribution in [2.75, 3.05) is 6.61 Å². The van der Waals surface area contributed by atoms with Gasteiger partial charge in [-0.05, 0) is 36.1 Å². The van der Waals surface area contributed by atoms with Gasteiger partial charge >= 0.3 is 6.09 Å². The van der Waals surface area contributed by atoms with Crippen LogP contribution < -0.4 is 4.74 Å².